The van der Waals surface area contributed by atoms with Crippen molar-refractivity contribution in [3.8, 4) is 23.0 Å². The van der Waals surface area contributed by atoms with Crippen LogP contribution >= 0.6 is 11.8 Å². The molecule has 0 radical (unpaired) electrons. The van der Waals surface area contributed by atoms with Gasteiger partial charge >= 0.3 is 0 Å². The van der Waals surface area contributed by atoms with E-state index in [0.717, 1.165) is 17.5 Å². The van der Waals surface area contributed by atoms with Crippen LogP contribution in [0.15, 0.2) is 38.5 Å². The lowest BCUT2D eigenvalue weighted by Crippen LogP contribution is -2.37. The number of aryl methyl sites for hydroxylation is 1. The molecule has 3 aromatic rings. The SMILES string of the molecule is COc1cc2c(cc1OC)CN(C(=O)CSc1nnc(-c3ccoc3C)o1)CC2. The minimum atomic E-state index is 0.0228. The summed E-state index contributed by atoms with van der Waals surface area (Å²) in [5.41, 5.74) is 3.01. The van der Waals surface area contributed by atoms with Gasteiger partial charge in [0, 0.05) is 13.1 Å². The topological polar surface area (TPSA) is 90.8 Å². The van der Waals surface area contributed by atoms with Gasteiger partial charge < -0.3 is 23.2 Å². The van der Waals surface area contributed by atoms with E-state index in [0.29, 0.717) is 41.5 Å². The predicted octanol–water partition coefficient (Wildman–Crippen LogP) is 3.33. The Hall–Kier alpha value is -2.94. The Kier molecular flexibility index (Phi) is 5.48. The molecule has 0 saturated carbocycles. The number of fused-ring (bicyclic) bond motifs is 1. The molecule has 0 unspecified atom stereocenters. The van der Waals surface area contributed by atoms with Gasteiger partial charge in [0.05, 0.1) is 31.8 Å². The van der Waals surface area contributed by atoms with E-state index in [2.05, 4.69) is 10.2 Å². The van der Waals surface area contributed by atoms with Crippen LogP contribution in [0.1, 0.15) is 16.9 Å². The highest BCUT2D eigenvalue weighted by Crippen LogP contribution is 2.33. The van der Waals surface area contributed by atoms with E-state index in [9.17, 15) is 4.79 Å². The van der Waals surface area contributed by atoms with Crippen molar-refractivity contribution < 1.29 is 23.1 Å². The highest BCUT2D eigenvalue weighted by Gasteiger charge is 2.23. The van der Waals surface area contributed by atoms with Gasteiger partial charge in [-0.3, -0.25) is 4.79 Å². The van der Waals surface area contributed by atoms with Crippen molar-refractivity contribution in [3.63, 3.8) is 0 Å². The monoisotopic (exact) mass is 415 g/mol. The molecule has 8 nitrogen and oxygen atoms in total. The summed E-state index contributed by atoms with van der Waals surface area (Å²) < 4.78 is 21.6. The fourth-order valence-corrected chi connectivity index (χ4v) is 3.96. The van der Waals surface area contributed by atoms with Crippen LogP contribution in [0.25, 0.3) is 11.5 Å². The number of carbonyl (C=O) groups excluding carboxylic acids is 1. The zero-order chi connectivity index (χ0) is 20.4. The van der Waals surface area contributed by atoms with Gasteiger partial charge in [-0.15, -0.1) is 10.2 Å². The van der Waals surface area contributed by atoms with Gasteiger partial charge in [0.1, 0.15) is 5.76 Å². The quantitative estimate of drug-likeness (QED) is 0.566. The van der Waals surface area contributed by atoms with Crippen LogP contribution in [0.2, 0.25) is 0 Å². The number of methoxy groups -OCH3 is 2. The van der Waals surface area contributed by atoms with Crippen molar-refractivity contribution >= 4 is 17.7 Å². The molecule has 0 spiro atoms. The number of thioether (sulfide) groups is 1. The van der Waals surface area contributed by atoms with Crippen LogP contribution < -0.4 is 9.47 Å². The van der Waals surface area contributed by atoms with Crippen molar-refractivity contribution in [2.75, 3.05) is 26.5 Å². The molecule has 0 fully saturated rings. The second-order valence-electron chi connectivity index (χ2n) is 6.59. The van der Waals surface area contributed by atoms with Gasteiger partial charge in [0.25, 0.3) is 11.1 Å². The fourth-order valence-electron chi connectivity index (χ4n) is 3.29. The normalized spacial score (nSPS) is 13.3. The molecule has 152 valence electrons. The van der Waals surface area contributed by atoms with E-state index < -0.39 is 0 Å². The summed E-state index contributed by atoms with van der Waals surface area (Å²) >= 11 is 1.23. The van der Waals surface area contributed by atoms with E-state index in [1.807, 2.05) is 24.0 Å². The Labute approximate surface area is 172 Å². The number of rotatable bonds is 6. The van der Waals surface area contributed by atoms with Crippen LogP contribution in [0.4, 0.5) is 0 Å². The molecule has 9 heteroatoms. The average Bonchev–Trinajstić information content (AvgIpc) is 3.38. The third kappa shape index (κ3) is 3.95. The number of hydrogen-bond acceptors (Lipinski definition) is 8. The first-order chi connectivity index (χ1) is 14.1. The minimum Gasteiger partial charge on any atom is -0.493 e. The number of benzene rings is 1. The first kappa shape index (κ1) is 19.4. The summed E-state index contributed by atoms with van der Waals surface area (Å²) in [6.07, 6.45) is 2.35. The standard InChI is InChI=1S/C20H21N3O5S/c1-12-15(5-7-27-12)19-21-22-20(28-19)29-11-18(24)23-6-4-13-8-16(25-2)17(26-3)9-14(13)10-23/h5,7-9H,4,6,10-11H2,1-3H3. The fraction of sp³-hybridized carbons (Fsp3) is 0.350. The maximum atomic E-state index is 12.7. The predicted molar refractivity (Wildman–Crippen MR) is 106 cm³/mol. The molecular weight excluding hydrogens is 394 g/mol. The van der Waals surface area contributed by atoms with Gasteiger partial charge in [-0.2, -0.15) is 0 Å². The number of aromatic nitrogens is 2. The molecule has 0 saturated heterocycles. The Bertz CT molecular complexity index is 1030. The van der Waals surface area contributed by atoms with Crippen molar-refractivity contribution in [3.05, 3.63) is 41.3 Å². The zero-order valence-electron chi connectivity index (χ0n) is 16.4. The van der Waals surface area contributed by atoms with E-state index in [4.69, 9.17) is 18.3 Å². The number of nitrogens with zero attached hydrogens (tertiary/aromatic N) is 3. The van der Waals surface area contributed by atoms with Crippen LogP contribution in [0.3, 0.4) is 0 Å². The molecule has 1 amide bonds. The third-order valence-electron chi connectivity index (χ3n) is 4.89. The summed E-state index contributed by atoms with van der Waals surface area (Å²) in [5, 5.41) is 8.40. The third-order valence-corrected chi connectivity index (χ3v) is 5.69. The van der Waals surface area contributed by atoms with Crippen molar-refractivity contribution in [1.82, 2.24) is 15.1 Å². The Morgan fingerprint density at radius 3 is 2.66 bits per heavy atom. The molecular formula is C20H21N3O5S. The van der Waals surface area contributed by atoms with Crippen LogP contribution in [0.5, 0.6) is 11.5 Å². The number of ether oxygens (including phenoxy) is 2. The second-order valence-corrected chi connectivity index (χ2v) is 7.52. The molecule has 29 heavy (non-hydrogen) atoms. The first-order valence-corrected chi connectivity index (χ1v) is 10.1. The highest BCUT2D eigenvalue weighted by atomic mass is 32.2. The molecule has 2 aromatic heterocycles. The van der Waals surface area contributed by atoms with Gasteiger partial charge in [-0.1, -0.05) is 11.8 Å². The average molecular weight is 415 g/mol. The lowest BCUT2D eigenvalue weighted by atomic mass is 9.99. The number of furan rings is 1. The lowest BCUT2D eigenvalue weighted by molar-refractivity contribution is -0.129. The second kappa shape index (κ2) is 8.20. The number of carbonyl (C=O) groups is 1. The maximum Gasteiger partial charge on any atom is 0.277 e. The summed E-state index contributed by atoms with van der Waals surface area (Å²) in [5.74, 6) is 2.73. The Balaban J connectivity index is 1.39. The van der Waals surface area contributed by atoms with Gasteiger partial charge in [-0.05, 0) is 42.7 Å². The van der Waals surface area contributed by atoms with Gasteiger partial charge in [-0.25, -0.2) is 0 Å². The van der Waals surface area contributed by atoms with E-state index >= 15 is 0 Å². The van der Waals surface area contributed by atoms with Gasteiger partial charge in [0.15, 0.2) is 11.5 Å². The smallest absolute Gasteiger partial charge is 0.277 e. The number of hydrogen-bond donors (Lipinski definition) is 0. The molecule has 1 aliphatic heterocycles. The van der Waals surface area contributed by atoms with Crippen LogP contribution in [-0.2, 0) is 17.8 Å². The Morgan fingerprint density at radius 2 is 1.97 bits per heavy atom. The minimum absolute atomic E-state index is 0.0228. The molecule has 0 atom stereocenters. The van der Waals surface area contributed by atoms with E-state index in [1.165, 1.54) is 17.3 Å². The lowest BCUT2D eigenvalue weighted by Gasteiger charge is -2.29. The van der Waals surface area contributed by atoms with E-state index in [-0.39, 0.29) is 11.7 Å². The number of amides is 1. The molecule has 3 heterocycles. The molecule has 0 N–H and O–H groups in total. The summed E-state index contributed by atoms with van der Waals surface area (Å²) in [7, 11) is 3.23. The molecule has 4 rings (SSSR count). The molecule has 1 aliphatic rings. The largest absolute Gasteiger partial charge is 0.493 e. The van der Waals surface area contributed by atoms with Crippen LogP contribution in [-0.4, -0.2) is 47.5 Å². The van der Waals surface area contributed by atoms with Gasteiger partial charge in [0.2, 0.25) is 5.91 Å². The van der Waals surface area contributed by atoms with Crippen molar-refractivity contribution in [2.45, 2.75) is 25.1 Å². The summed E-state index contributed by atoms with van der Waals surface area (Å²) in [6, 6.07) is 5.71. The first-order valence-electron chi connectivity index (χ1n) is 9.11. The summed E-state index contributed by atoms with van der Waals surface area (Å²) in [4.78, 5) is 14.5. The zero-order valence-corrected chi connectivity index (χ0v) is 17.2. The molecule has 0 bridgehead atoms. The maximum absolute atomic E-state index is 12.7. The Morgan fingerprint density at radius 1 is 1.21 bits per heavy atom. The summed E-state index contributed by atoms with van der Waals surface area (Å²) in [6.45, 7) is 3.03. The van der Waals surface area contributed by atoms with Crippen molar-refractivity contribution in [1.29, 1.82) is 0 Å². The van der Waals surface area contributed by atoms with Crippen LogP contribution in [0, 0.1) is 6.92 Å². The molecule has 1 aromatic carbocycles. The van der Waals surface area contributed by atoms with Crippen molar-refractivity contribution in [2.24, 2.45) is 0 Å². The molecule has 0 aliphatic carbocycles. The van der Waals surface area contributed by atoms with E-state index in [1.54, 1.807) is 26.5 Å². The highest BCUT2D eigenvalue weighted by molar-refractivity contribution is 7.99.